The number of rotatable bonds is 6. The first-order chi connectivity index (χ1) is 12.0. The first kappa shape index (κ1) is 17.8. The average Bonchev–Trinajstić information content (AvgIpc) is 3.00. The lowest BCUT2D eigenvalue weighted by atomic mass is 10.2. The van der Waals surface area contributed by atoms with E-state index in [0.717, 1.165) is 15.6 Å². The van der Waals surface area contributed by atoms with E-state index in [0.29, 0.717) is 28.9 Å². The van der Waals surface area contributed by atoms with Crippen molar-refractivity contribution in [3.8, 4) is 5.75 Å². The minimum Gasteiger partial charge on any atom is -0.489 e. The monoisotopic (exact) mass is 442 g/mol. The third-order valence-electron chi connectivity index (χ3n) is 3.31. The predicted octanol–water partition coefficient (Wildman–Crippen LogP) is 3.65. The molecule has 0 bridgehead atoms. The van der Waals surface area contributed by atoms with Crippen LogP contribution in [-0.4, -0.2) is 20.3 Å². The summed E-state index contributed by atoms with van der Waals surface area (Å²) in [5.41, 5.74) is 10.5. The van der Waals surface area contributed by atoms with Crippen molar-refractivity contribution in [2.24, 2.45) is 0 Å². The molecule has 0 spiro atoms. The number of hydrogen-bond acceptors (Lipinski definition) is 6. The van der Waals surface area contributed by atoms with E-state index in [4.69, 9.17) is 33.7 Å². The zero-order valence-corrected chi connectivity index (χ0v) is 15.9. The molecule has 0 saturated carbocycles. The predicted molar refractivity (Wildman–Crippen MR) is 100 cm³/mol. The van der Waals surface area contributed by atoms with Crippen molar-refractivity contribution in [1.82, 2.24) is 20.3 Å². The summed E-state index contributed by atoms with van der Waals surface area (Å²) in [5.74, 6) is 0.890. The number of aromatic nitrogens is 4. The fourth-order valence-corrected chi connectivity index (χ4v) is 2.81. The van der Waals surface area contributed by atoms with Crippen molar-refractivity contribution in [3.05, 3.63) is 62.0 Å². The summed E-state index contributed by atoms with van der Waals surface area (Å²) in [6.45, 7) is 0.782. The minimum atomic E-state index is 0.174. The van der Waals surface area contributed by atoms with Gasteiger partial charge in [-0.3, -0.25) is 0 Å². The number of nitrogens with two attached hydrogens (primary N) is 1. The molecule has 0 unspecified atom stereocenters. The molecule has 3 N–H and O–H groups in total. The molecule has 3 rings (SSSR count). The standard InChI is InChI=1S/C15H13BrCl2N6O/c16-11-2-4-14(25-8-9-1-3-12(17)13(18)5-9)10(6-11)7-20-24-15(19)21-22-23-24/h1-6,20H,7-8H2,(H2,19,21,23). The van der Waals surface area contributed by atoms with Crippen molar-refractivity contribution in [2.75, 3.05) is 11.2 Å². The van der Waals surface area contributed by atoms with Crippen molar-refractivity contribution < 1.29 is 4.74 Å². The Bertz CT molecular complexity index is 888. The van der Waals surface area contributed by atoms with Crippen LogP contribution in [0.1, 0.15) is 11.1 Å². The van der Waals surface area contributed by atoms with Crippen LogP contribution in [0.25, 0.3) is 0 Å². The summed E-state index contributed by atoms with van der Waals surface area (Å²) < 4.78 is 6.85. The Labute approximate surface area is 162 Å². The lowest BCUT2D eigenvalue weighted by Crippen LogP contribution is -2.18. The molecular formula is C15H13BrCl2N6O. The van der Waals surface area contributed by atoms with Gasteiger partial charge in [-0.25, -0.2) is 0 Å². The van der Waals surface area contributed by atoms with Gasteiger partial charge in [-0.1, -0.05) is 50.3 Å². The van der Waals surface area contributed by atoms with E-state index < -0.39 is 0 Å². The van der Waals surface area contributed by atoms with E-state index in [9.17, 15) is 0 Å². The molecule has 0 atom stereocenters. The normalized spacial score (nSPS) is 10.7. The van der Waals surface area contributed by atoms with Crippen molar-refractivity contribution in [2.45, 2.75) is 13.2 Å². The number of benzene rings is 2. The second-order valence-electron chi connectivity index (χ2n) is 5.07. The van der Waals surface area contributed by atoms with Gasteiger partial charge in [0.15, 0.2) is 0 Å². The number of nitrogen functional groups attached to an aromatic ring is 1. The Kier molecular flexibility index (Phi) is 5.62. The third-order valence-corrected chi connectivity index (χ3v) is 4.55. The summed E-state index contributed by atoms with van der Waals surface area (Å²) in [5, 5.41) is 11.8. The highest BCUT2D eigenvalue weighted by atomic mass is 79.9. The second kappa shape index (κ2) is 7.90. The summed E-state index contributed by atoms with van der Waals surface area (Å²) in [6.07, 6.45) is 0. The van der Waals surface area contributed by atoms with Crippen LogP contribution >= 0.6 is 39.1 Å². The number of halogens is 3. The minimum absolute atomic E-state index is 0.174. The summed E-state index contributed by atoms with van der Waals surface area (Å²) in [7, 11) is 0. The van der Waals surface area contributed by atoms with Crippen molar-refractivity contribution in [3.63, 3.8) is 0 Å². The largest absolute Gasteiger partial charge is 0.489 e. The number of ether oxygens (including phenoxy) is 1. The second-order valence-corrected chi connectivity index (χ2v) is 6.80. The van der Waals surface area contributed by atoms with Crippen LogP contribution in [0.3, 0.4) is 0 Å². The van der Waals surface area contributed by atoms with Gasteiger partial charge in [0.25, 0.3) is 5.95 Å². The van der Waals surface area contributed by atoms with Gasteiger partial charge in [0, 0.05) is 10.0 Å². The van der Waals surface area contributed by atoms with Crippen LogP contribution in [0.2, 0.25) is 10.0 Å². The first-order valence-electron chi connectivity index (χ1n) is 7.16. The van der Waals surface area contributed by atoms with Crippen molar-refractivity contribution >= 4 is 45.1 Å². The summed E-state index contributed by atoms with van der Waals surface area (Å²) in [4.78, 5) is 1.30. The Morgan fingerprint density at radius 3 is 2.72 bits per heavy atom. The molecule has 1 aromatic heterocycles. The topological polar surface area (TPSA) is 90.9 Å². The van der Waals surface area contributed by atoms with E-state index in [1.165, 1.54) is 4.79 Å². The summed E-state index contributed by atoms with van der Waals surface area (Å²) in [6, 6.07) is 11.1. The molecule has 0 amide bonds. The Hall–Kier alpha value is -2.03. The smallest absolute Gasteiger partial charge is 0.260 e. The molecular weight excluding hydrogens is 431 g/mol. The molecule has 2 aromatic carbocycles. The molecule has 130 valence electrons. The molecule has 25 heavy (non-hydrogen) atoms. The molecule has 7 nitrogen and oxygen atoms in total. The average molecular weight is 444 g/mol. The van der Waals surface area contributed by atoms with Gasteiger partial charge < -0.3 is 15.9 Å². The van der Waals surface area contributed by atoms with Crippen LogP contribution in [-0.2, 0) is 13.2 Å². The van der Waals surface area contributed by atoms with Gasteiger partial charge in [0.1, 0.15) is 12.4 Å². The van der Waals surface area contributed by atoms with E-state index in [1.54, 1.807) is 12.1 Å². The third kappa shape index (κ3) is 4.53. The van der Waals surface area contributed by atoms with Crippen LogP contribution < -0.4 is 15.9 Å². The zero-order chi connectivity index (χ0) is 17.8. The van der Waals surface area contributed by atoms with Gasteiger partial charge in [-0.05, 0) is 46.3 Å². The van der Waals surface area contributed by atoms with Gasteiger partial charge in [0.05, 0.1) is 16.6 Å². The molecule has 0 aliphatic carbocycles. The van der Waals surface area contributed by atoms with Crippen LogP contribution in [0.15, 0.2) is 40.9 Å². The van der Waals surface area contributed by atoms with E-state index >= 15 is 0 Å². The Morgan fingerprint density at radius 1 is 1.16 bits per heavy atom. The van der Waals surface area contributed by atoms with E-state index in [2.05, 4.69) is 36.9 Å². The molecule has 3 aromatic rings. The highest BCUT2D eigenvalue weighted by molar-refractivity contribution is 9.10. The van der Waals surface area contributed by atoms with Gasteiger partial charge in [-0.15, -0.1) is 4.79 Å². The van der Waals surface area contributed by atoms with Crippen LogP contribution in [0, 0.1) is 0 Å². The highest BCUT2D eigenvalue weighted by Crippen LogP contribution is 2.26. The molecule has 0 fully saturated rings. The SMILES string of the molecule is Nc1nnnn1NCc1cc(Br)ccc1OCc1ccc(Cl)c(Cl)c1. The van der Waals surface area contributed by atoms with Crippen molar-refractivity contribution in [1.29, 1.82) is 0 Å². The molecule has 10 heteroatoms. The van der Waals surface area contributed by atoms with Crippen LogP contribution in [0.4, 0.5) is 5.95 Å². The Balaban J connectivity index is 1.72. The number of anilines is 1. The molecule has 0 aliphatic rings. The lowest BCUT2D eigenvalue weighted by molar-refractivity contribution is 0.303. The number of nitrogens with one attached hydrogen (secondary N) is 1. The van der Waals surface area contributed by atoms with Crippen LogP contribution in [0.5, 0.6) is 5.75 Å². The lowest BCUT2D eigenvalue weighted by Gasteiger charge is -2.13. The number of nitrogens with zero attached hydrogens (tertiary/aromatic N) is 4. The quantitative estimate of drug-likeness (QED) is 0.604. The molecule has 0 saturated heterocycles. The maximum atomic E-state index is 6.03. The molecule has 0 aliphatic heterocycles. The fraction of sp³-hybridized carbons (Fsp3) is 0.133. The fourth-order valence-electron chi connectivity index (χ4n) is 2.08. The van der Waals surface area contributed by atoms with E-state index in [1.807, 2.05) is 24.3 Å². The Morgan fingerprint density at radius 2 is 2.00 bits per heavy atom. The van der Waals surface area contributed by atoms with Gasteiger partial charge in [0.2, 0.25) is 0 Å². The molecule has 1 heterocycles. The maximum Gasteiger partial charge on any atom is 0.260 e. The van der Waals surface area contributed by atoms with Gasteiger partial charge in [-0.2, -0.15) is 0 Å². The first-order valence-corrected chi connectivity index (χ1v) is 8.70. The van der Waals surface area contributed by atoms with Gasteiger partial charge >= 0.3 is 0 Å². The number of hydrogen-bond donors (Lipinski definition) is 2. The highest BCUT2D eigenvalue weighted by Gasteiger charge is 2.08. The molecule has 0 radical (unpaired) electrons. The zero-order valence-electron chi connectivity index (χ0n) is 12.8. The summed E-state index contributed by atoms with van der Waals surface area (Å²) >= 11 is 15.4. The number of tetrazole rings is 1. The van der Waals surface area contributed by atoms with E-state index in [-0.39, 0.29) is 5.95 Å². The maximum absolute atomic E-state index is 6.03.